The van der Waals surface area contributed by atoms with Gasteiger partial charge in [-0.3, -0.25) is 4.79 Å². The lowest BCUT2D eigenvalue weighted by Crippen LogP contribution is -2.42. The molecule has 7 nitrogen and oxygen atoms in total. The van der Waals surface area contributed by atoms with Crippen LogP contribution in [-0.4, -0.2) is 45.5 Å². The van der Waals surface area contributed by atoms with Crippen LogP contribution in [0.2, 0.25) is 0 Å². The Morgan fingerprint density at radius 3 is 2.66 bits per heavy atom. The van der Waals surface area contributed by atoms with Crippen LogP contribution >= 0.6 is 0 Å². The van der Waals surface area contributed by atoms with Crippen molar-refractivity contribution in [3.8, 4) is 11.3 Å². The van der Waals surface area contributed by atoms with Gasteiger partial charge in [0, 0.05) is 29.9 Å². The van der Waals surface area contributed by atoms with E-state index in [1.165, 1.54) is 12.1 Å². The highest BCUT2D eigenvalue weighted by molar-refractivity contribution is 5.76. The minimum absolute atomic E-state index is 0.0511. The zero-order valence-corrected chi connectivity index (χ0v) is 18.2. The molecular weight excluding hydrogens is 409 g/mol. The number of benzene rings is 1. The molecule has 1 aromatic carbocycles. The molecule has 1 aliphatic heterocycles. The first kappa shape index (κ1) is 21.8. The Morgan fingerprint density at radius 2 is 1.91 bits per heavy atom. The minimum Gasteiger partial charge on any atom is -0.368 e. The van der Waals surface area contributed by atoms with Crippen LogP contribution in [0.3, 0.4) is 0 Å². The van der Waals surface area contributed by atoms with Crippen molar-refractivity contribution in [3.05, 3.63) is 70.9 Å². The first-order chi connectivity index (χ1) is 15.4. The van der Waals surface area contributed by atoms with E-state index >= 15 is 0 Å². The van der Waals surface area contributed by atoms with Gasteiger partial charge < -0.3 is 15.4 Å². The number of ether oxygens (including phenoxy) is 1. The van der Waals surface area contributed by atoms with Crippen LogP contribution in [0.15, 0.2) is 42.5 Å². The second-order valence-electron chi connectivity index (χ2n) is 7.89. The summed E-state index contributed by atoms with van der Waals surface area (Å²) >= 11 is 0. The van der Waals surface area contributed by atoms with Gasteiger partial charge >= 0.3 is 0 Å². The lowest BCUT2D eigenvalue weighted by atomic mass is 10.1. The molecule has 32 heavy (non-hydrogen) atoms. The van der Waals surface area contributed by atoms with Crippen LogP contribution in [0.4, 0.5) is 10.3 Å². The maximum Gasteiger partial charge on any atom is 0.223 e. The lowest BCUT2D eigenvalue weighted by molar-refractivity contribution is -0.139. The van der Waals surface area contributed by atoms with E-state index in [0.29, 0.717) is 43.8 Å². The smallest absolute Gasteiger partial charge is 0.223 e. The molecule has 4 rings (SSSR count). The number of nitrogens with zero attached hydrogens (tertiary/aromatic N) is 4. The molecule has 1 saturated heterocycles. The third-order valence-corrected chi connectivity index (χ3v) is 5.67. The second-order valence-corrected chi connectivity index (χ2v) is 7.89. The molecule has 1 atom stereocenters. The van der Waals surface area contributed by atoms with Crippen molar-refractivity contribution in [2.75, 3.05) is 25.4 Å². The van der Waals surface area contributed by atoms with Crippen LogP contribution in [0.5, 0.6) is 0 Å². The van der Waals surface area contributed by atoms with E-state index in [0.717, 1.165) is 22.6 Å². The van der Waals surface area contributed by atoms with Gasteiger partial charge in [0.1, 0.15) is 11.9 Å². The van der Waals surface area contributed by atoms with Crippen LogP contribution in [0, 0.1) is 19.7 Å². The number of nitrogen functional groups attached to an aromatic ring is 1. The van der Waals surface area contributed by atoms with E-state index in [1.54, 1.807) is 6.07 Å². The summed E-state index contributed by atoms with van der Waals surface area (Å²) in [4.78, 5) is 27.8. The van der Waals surface area contributed by atoms with Crippen molar-refractivity contribution in [2.45, 2.75) is 32.8 Å². The molecule has 1 unspecified atom stereocenters. The number of pyridine rings is 1. The molecule has 8 heteroatoms. The van der Waals surface area contributed by atoms with Crippen LogP contribution in [0.25, 0.3) is 11.3 Å². The molecule has 1 amide bonds. The van der Waals surface area contributed by atoms with Crippen molar-refractivity contribution >= 4 is 11.9 Å². The Morgan fingerprint density at radius 1 is 1.16 bits per heavy atom. The van der Waals surface area contributed by atoms with E-state index in [9.17, 15) is 9.18 Å². The molecule has 3 aromatic rings. The zero-order valence-electron chi connectivity index (χ0n) is 18.2. The Hall–Kier alpha value is -3.39. The van der Waals surface area contributed by atoms with Gasteiger partial charge in [0.15, 0.2) is 0 Å². The number of halogens is 1. The molecule has 2 N–H and O–H groups in total. The van der Waals surface area contributed by atoms with Gasteiger partial charge in [0.05, 0.1) is 24.5 Å². The Labute approximate surface area is 186 Å². The first-order valence-corrected chi connectivity index (χ1v) is 10.6. The summed E-state index contributed by atoms with van der Waals surface area (Å²) in [5.74, 6) is -0.00773. The summed E-state index contributed by atoms with van der Waals surface area (Å²) < 4.78 is 19.5. The summed E-state index contributed by atoms with van der Waals surface area (Å²) in [6.07, 6.45) is 0.592. The zero-order chi connectivity index (χ0) is 22.7. The number of nitrogens with two attached hydrogens (primary N) is 1. The second kappa shape index (κ2) is 9.40. The summed E-state index contributed by atoms with van der Waals surface area (Å²) in [7, 11) is 0. The van der Waals surface area contributed by atoms with E-state index in [-0.39, 0.29) is 23.8 Å². The van der Waals surface area contributed by atoms with Gasteiger partial charge in [-0.05, 0) is 50.1 Å². The van der Waals surface area contributed by atoms with E-state index in [1.807, 2.05) is 43.0 Å². The normalized spacial score (nSPS) is 16.2. The topological polar surface area (TPSA) is 94.2 Å². The molecule has 0 aliphatic carbocycles. The van der Waals surface area contributed by atoms with E-state index in [2.05, 4.69) is 15.0 Å². The number of aryl methyl sites for hydroxylation is 2. The molecule has 3 heterocycles. The maximum atomic E-state index is 13.6. The third kappa shape index (κ3) is 4.91. The largest absolute Gasteiger partial charge is 0.368 e. The summed E-state index contributed by atoms with van der Waals surface area (Å²) in [5, 5.41) is 0. The number of carbonyl (C=O) groups excluding carboxylic acids is 1. The maximum absolute atomic E-state index is 13.6. The molecule has 1 fully saturated rings. The molecule has 0 bridgehead atoms. The van der Waals surface area contributed by atoms with E-state index < -0.39 is 0 Å². The highest BCUT2D eigenvalue weighted by atomic mass is 19.1. The Kier molecular flexibility index (Phi) is 6.41. The molecule has 0 spiro atoms. The fourth-order valence-electron chi connectivity index (χ4n) is 4.01. The fourth-order valence-corrected chi connectivity index (χ4v) is 4.01. The molecule has 2 aromatic heterocycles. The third-order valence-electron chi connectivity index (χ3n) is 5.67. The minimum atomic E-state index is -0.329. The lowest BCUT2D eigenvalue weighted by Gasteiger charge is -2.33. The quantitative estimate of drug-likeness (QED) is 0.660. The molecule has 1 aliphatic rings. The number of aromatic nitrogens is 3. The van der Waals surface area contributed by atoms with Gasteiger partial charge in [0.2, 0.25) is 11.9 Å². The number of morpholine rings is 1. The van der Waals surface area contributed by atoms with Gasteiger partial charge in [-0.15, -0.1) is 0 Å². The Bertz CT molecular complexity index is 1110. The van der Waals surface area contributed by atoms with Crippen molar-refractivity contribution < 1.29 is 13.9 Å². The average molecular weight is 436 g/mol. The highest BCUT2D eigenvalue weighted by Gasteiger charge is 2.26. The predicted molar refractivity (Wildman–Crippen MR) is 119 cm³/mol. The average Bonchev–Trinajstić information content (AvgIpc) is 2.78. The van der Waals surface area contributed by atoms with Crippen molar-refractivity contribution in [1.82, 2.24) is 19.9 Å². The Balaban J connectivity index is 1.43. The number of amides is 1. The first-order valence-electron chi connectivity index (χ1n) is 10.6. The standard InChI is InChI=1S/C24H26FN5O2/c1-15-19(16(2)28-24(26)27-15)9-10-23(31)30-11-12-32-22(14-30)21-8-4-7-20(29-21)17-5-3-6-18(25)13-17/h3-8,13,22H,9-12,14H2,1-2H3,(H2,26,27,28). The van der Waals surface area contributed by atoms with Crippen molar-refractivity contribution in [3.63, 3.8) is 0 Å². The van der Waals surface area contributed by atoms with Gasteiger partial charge in [-0.2, -0.15) is 0 Å². The predicted octanol–water partition coefficient (Wildman–Crippen LogP) is 3.41. The highest BCUT2D eigenvalue weighted by Crippen LogP contribution is 2.25. The fraction of sp³-hybridized carbons (Fsp3) is 0.333. The number of hydrogen-bond acceptors (Lipinski definition) is 6. The number of rotatable bonds is 5. The van der Waals surface area contributed by atoms with Crippen LogP contribution in [-0.2, 0) is 16.0 Å². The molecule has 166 valence electrons. The van der Waals surface area contributed by atoms with Crippen molar-refractivity contribution in [2.24, 2.45) is 0 Å². The molecule has 0 saturated carbocycles. The number of hydrogen-bond donors (Lipinski definition) is 1. The van der Waals surface area contributed by atoms with E-state index in [4.69, 9.17) is 10.5 Å². The number of carbonyl (C=O) groups is 1. The van der Waals surface area contributed by atoms with Gasteiger partial charge in [-0.1, -0.05) is 18.2 Å². The number of anilines is 1. The molecular formula is C24H26FN5O2. The van der Waals surface area contributed by atoms with Crippen LogP contribution < -0.4 is 5.73 Å². The SMILES string of the molecule is Cc1nc(N)nc(C)c1CCC(=O)N1CCOC(c2cccc(-c3cccc(F)c3)n2)C1. The summed E-state index contributed by atoms with van der Waals surface area (Å²) in [5.41, 5.74) is 10.4. The van der Waals surface area contributed by atoms with Crippen LogP contribution in [0.1, 0.15) is 35.2 Å². The summed E-state index contributed by atoms with van der Waals surface area (Å²) in [6.45, 7) is 5.16. The molecule has 0 radical (unpaired) electrons. The van der Waals surface area contributed by atoms with Crippen molar-refractivity contribution in [1.29, 1.82) is 0 Å². The monoisotopic (exact) mass is 435 g/mol. The summed E-state index contributed by atoms with van der Waals surface area (Å²) in [6, 6.07) is 11.9. The van der Waals surface area contributed by atoms with Gasteiger partial charge in [0.25, 0.3) is 0 Å². The van der Waals surface area contributed by atoms with Gasteiger partial charge in [-0.25, -0.2) is 19.3 Å².